The second-order valence-electron chi connectivity index (χ2n) is 20.9. The van der Waals surface area contributed by atoms with Crippen LogP contribution in [-0.2, 0) is 23.9 Å². The summed E-state index contributed by atoms with van der Waals surface area (Å²) in [5.74, 6) is -0.427. The van der Waals surface area contributed by atoms with Crippen molar-refractivity contribution < 1.29 is 38.1 Å². The Morgan fingerprint density at radius 3 is 2.30 bits per heavy atom. The normalized spacial score (nSPS) is 22.3. The van der Waals surface area contributed by atoms with Crippen LogP contribution in [0.15, 0.2) is 66.3 Å². The van der Waals surface area contributed by atoms with Gasteiger partial charge in [0, 0.05) is 79.3 Å². The number of hydrogen-bond donors (Lipinski definition) is 3. The third kappa shape index (κ3) is 11.8. The lowest BCUT2D eigenvalue weighted by Gasteiger charge is -2.63. The Morgan fingerprint density at radius 1 is 1.01 bits per heavy atom. The van der Waals surface area contributed by atoms with Crippen molar-refractivity contribution in [3.63, 3.8) is 0 Å². The van der Waals surface area contributed by atoms with E-state index in [9.17, 15) is 29.1 Å². The summed E-state index contributed by atoms with van der Waals surface area (Å²) in [5, 5.41) is 27.2. The number of ether oxygens (including phenoxy) is 3. The zero-order valence-corrected chi connectivity index (χ0v) is 43.1. The lowest BCUT2D eigenvalue weighted by Crippen LogP contribution is -2.74. The highest BCUT2D eigenvalue weighted by Crippen LogP contribution is 2.56. The highest BCUT2D eigenvalue weighted by atomic mass is 35.5. The third-order valence-corrected chi connectivity index (χ3v) is 15.2. The first kappa shape index (κ1) is 52.6. The fraction of sp³-hybridized carbons (Fsp3) is 0.538. The van der Waals surface area contributed by atoms with E-state index in [0.717, 1.165) is 53.7 Å². The van der Waals surface area contributed by atoms with E-state index in [0.29, 0.717) is 28.4 Å². The summed E-state index contributed by atoms with van der Waals surface area (Å²) in [6, 6.07) is 17.2. The SMILES string of the molecule is Cc1ncsc1-c1ccc([C@H](C)NC(=O)[C@@H]2C[C@H](F)CN2C(=O)[C@@H](OC(=O)COCCN2CCN(c3ccc(C(O)N[C@H]4C(C)(C)[C@H](Oc5ccc(C#N)c(Cl)c5)C4(C)C)cn3)CC2)C(C)(C)C)cc1. The van der Waals surface area contributed by atoms with Gasteiger partial charge >= 0.3 is 5.97 Å². The van der Waals surface area contributed by atoms with Crippen molar-refractivity contribution in [1.82, 2.24) is 30.4 Å². The standard InChI is InChI=1S/C52H66ClFN8O7S/c1-31(33-10-12-34(13-11-33)43-32(2)57-30-70-43)58-46(65)40-24-37(54)28-62(40)47(66)44(50(3,4)5)69-42(63)29-67-23-22-60-18-20-61(21-19-60)41-17-15-36(27-56-41)45(64)59-48-51(6,7)49(52(48,8)9)68-38-16-14-35(26-55)39(53)25-38/h10-17,25,27,30-31,37,40,44-45,48-49,59,64H,18-24,28-29H2,1-9H3,(H,58,65)/t31-,37-,40-,44+,45?,48-,49-/m0/s1. The van der Waals surface area contributed by atoms with Crippen molar-refractivity contribution in [2.45, 2.75) is 111 Å². The van der Waals surface area contributed by atoms with Crippen LogP contribution in [0.4, 0.5) is 10.2 Å². The first-order chi connectivity index (χ1) is 33.1. The number of aryl methyl sites for hydroxylation is 1. The number of esters is 1. The molecule has 70 heavy (non-hydrogen) atoms. The average molecular weight is 1000 g/mol. The van der Waals surface area contributed by atoms with Crippen molar-refractivity contribution in [2.24, 2.45) is 16.2 Å². The number of carbonyl (C=O) groups excluding carboxylic acids is 3. The topological polar surface area (TPSA) is 182 Å². The predicted octanol–water partition coefficient (Wildman–Crippen LogP) is 7.41. The van der Waals surface area contributed by atoms with Gasteiger partial charge in [0.1, 0.15) is 48.8 Å². The van der Waals surface area contributed by atoms with Gasteiger partial charge in [0.25, 0.3) is 5.91 Å². The number of anilines is 1. The van der Waals surface area contributed by atoms with Gasteiger partial charge in [-0.2, -0.15) is 5.26 Å². The van der Waals surface area contributed by atoms with Crippen LogP contribution in [0.25, 0.3) is 10.4 Å². The van der Waals surface area contributed by atoms with E-state index in [-0.39, 0.29) is 49.2 Å². The highest BCUT2D eigenvalue weighted by molar-refractivity contribution is 7.13. The van der Waals surface area contributed by atoms with Crippen LogP contribution >= 0.6 is 22.9 Å². The molecular weight excluding hydrogens is 935 g/mol. The number of aliphatic hydroxyl groups is 1. The predicted molar refractivity (Wildman–Crippen MR) is 267 cm³/mol. The summed E-state index contributed by atoms with van der Waals surface area (Å²) in [7, 11) is 0. The van der Waals surface area contributed by atoms with E-state index in [4.69, 9.17) is 30.8 Å². The fourth-order valence-electron chi connectivity index (χ4n) is 10.3. The van der Waals surface area contributed by atoms with Gasteiger partial charge in [0.05, 0.1) is 45.9 Å². The molecule has 3 fully saturated rings. The third-order valence-electron chi connectivity index (χ3n) is 13.9. The van der Waals surface area contributed by atoms with Crippen LogP contribution in [-0.4, -0.2) is 126 Å². The molecule has 0 spiro atoms. The monoisotopic (exact) mass is 1000 g/mol. The average Bonchev–Trinajstić information content (AvgIpc) is 3.95. The zero-order chi connectivity index (χ0) is 50.7. The molecule has 1 unspecified atom stereocenters. The molecule has 1 saturated carbocycles. The number of benzene rings is 2. The van der Waals surface area contributed by atoms with Crippen LogP contribution in [0.5, 0.6) is 5.75 Å². The van der Waals surface area contributed by atoms with Crippen molar-refractivity contribution in [2.75, 3.05) is 57.4 Å². The van der Waals surface area contributed by atoms with Crippen molar-refractivity contribution in [3.05, 3.63) is 93.7 Å². The van der Waals surface area contributed by atoms with Gasteiger partial charge in [-0.15, -0.1) is 11.3 Å². The van der Waals surface area contributed by atoms with Crippen molar-refractivity contribution >= 4 is 46.5 Å². The number of halogens is 2. The Morgan fingerprint density at radius 2 is 1.70 bits per heavy atom. The Bertz CT molecular complexity index is 2510. The summed E-state index contributed by atoms with van der Waals surface area (Å²) >= 11 is 7.82. The number of aromatic nitrogens is 2. The number of nitrogens with zero attached hydrogens (tertiary/aromatic N) is 6. The van der Waals surface area contributed by atoms with Gasteiger partial charge in [0.2, 0.25) is 5.91 Å². The molecule has 4 aromatic rings. The van der Waals surface area contributed by atoms with Gasteiger partial charge < -0.3 is 34.4 Å². The Kier molecular flexibility index (Phi) is 16.3. The largest absolute Gasteiger partial charge is 0.489 e. The van der Waals surface area contributed by atoms with E-state index in [1.54, 1.807) is 62.0 Å². The number of nitrogens with one attached hydrogen (secondary N) is 2. The Hall–Kier alpha value is -5.22. The van der Waals surface area contributed by atoms with E-state index in [2.05, 4.69) is 59.2 Å². The van der Waals surface area contributed by atoms with Gasteiger partial charge in [-0.05, 0) is 49.2 Å². The van der Waals surface area contributed by atoms with Crippen molar-refractivity contribution in [3.8, 4) is 22.3 Å². The van der Waals surface area contributed by atoms with Gasteiger partial charge in [0.15, 0.2) is 6.10 Å². The van der Waals surface area contributed by atoms with E-state index < -0.39 is 53.8 Å². The number of hydrogen-bond acceptors (Lipinski definition) is 14. The number of amides is 2. The van der Waals surface area contributed by atoms with E-state index >= 15 is 0 Å². The lowest BCUT2D eigenvalue weighted by molar-refractivity contribution is -0.179. The van der Waals surface area contributed by atoms with Gasteiger partial charge in [-0.25, -0.2) is 19.2 Å². The molecule has 3 aliphatic rings. The van der Waals surface area contributed by atoms with E-state index in [1.807, 2.05) is 50.2 Å². The second kappa shape index (κ2) is 21.6. The number of alkyl halides is 1. The molecule has 2 amide bonds. The second-order valence-corrected chi connectivity index (χ2v) is 22.2. The summed E-state index contributed by atoms with van der Waals surface area (Å²) in [4.78, 5) is 56.5. The van der Waals surface area contributed by atoms with Gasteiger partial charge in [-0.1, -0.05) is 84.3 Å². The van der Waals surface area contributed by atoms with Crippen molar-refractivity contribution in [1.29, 1.82) is 5.26 Å². The minimum Gasteiger partial charge on any atom is -0.489 e. The minimum absolute atomic E-state index is 0.0907. The van der Waals surface area contributed by atoms with Gasteiger partial charge in [-0.3, -0.25) is 19.8 Å². The molecule has 2 saturated heterocycles. The molecule has 7 rings (SSSR count). The molecule has 18 heteroatoms. The summed E-state index contributed by atoms with van der Waals surface area (Å²) in [6.07, 6.45) is -2.27. The number of carbonyl (C=O) groups is 3. The molecule has 2 aromatic heterocycles. The molecule has 15 nitrogen and oxygen atoms in total. The molecule has 2 aromatic carbocycles. The molecule has 0 bridgehead atoms. The number of thiazole rings is 1. The minimum atomic E-state index is -1.41. The lowest BCUT2D eigenvalue weighted by atomic mass is 9.49. The zero-order valence-electron chi connectivity index (χ0n) is 41.5. The number of likely N-dealkylation sites (tertiary alicyclic amines) is 1. The van der Waals surface area contributed by atoms with E-state index in [1.165, 1.54) is 4.90 Å². The number of nitriles is 1. The number of pyridine rings is 1. The quantitative estimate of drug-likeness (QED) is 0.0541. The molecule has 0 radical (unpaired) electrons. The molecule has 4 heterocycles. The first-order valence-corrected chi connectivity index (χ1v) is 25.1. The van der Waals surface area contributed by atoms with Crippen LogP contribution in [0, 0.1) is 34.5 Å². The number of piperazine rings is 1. The molecule has 5 atom stereocenters. The molecule has 2 aliphatic heterocycles. The number of aliphatic hydroxyl groups excluding tert-OH is 1. The van der Waals surface area contributed by atoms with Crippen LogP contribution in [0.3, 0.4) is 0 Å². The maximum atomic E-state index is 15.0. The first-order valence-electron chi connectivity index (χ1n) is 23.8. The molecule has 3 N–H and O–H groups in total. The summed E-state index contributed by atoms with van der Waals surface area (Å²) in [5.41, 5.74) is 4.13. The maximum Gasteiger partial charge on any atom is 0.332 e. The smallest absolute Gasteiger partial charge is 0.332 e. The number of rotatable bonds is 17. The summed E-state index contributed by atoms with van der Waals surface area (Å²) < 4.78 is 32.8. The molecular formula is C52H66ClFN8O7S. The molecule has 376 valence electrons. The van der Waals surface area contributed by atoms with Crippen LogP contribution in [0.2, 0.25) is 5.02 Å². The molecule has 1 aliphatic carbocycles. The Balaban J connectivity index is 0.830. The highest BCUT2D eigenvalue weighted by Gasteiger charge is 2.64. The van der Waals surface area contributed by atoms with Crippen LogP contribution in [0.1, 0.15) is 96.5 Å². The summed E-state index contributed by atoms with van der Waals surface area (Å²) in [6.45, 7) is 20.6. The maximum absolute atomic E-state index is 15.0. The van der Waals surface area contributed by atoms with Crippen LogP contribution < -0.4 is 20.3 Å². The fourth-order valence-corrected chi connectivity index (χ4v) is 11.3. The Labute approximate surface area is 419 Å².